The number of anilines is 6. The van der Waals surface area contributed by atoms with Crippen LogP contribution >= 0.6 is 15.9 Å². The van der Waals surface area contributed by atoms with E-state index in [1.54, 1.807) is 31.6 Å². The molecule has 4 heterocycles. The van der Waals surface area contributed by atoms with Crippen LogP contribution in [0.5, 0.6) is 5.75 Å². The molecular weight excluding hydrogens is 708 g/mol. The molecule has 2 aromatic heterocycles. The van der Waals surface area contributed by atoms with E-state index in [1.165, 1.54) is 43.1 Å². The largest absolute Gasteiger partial charge is 0.494 e. The van der Waals surface area contributed by atoms with Crippen molar-refractivity contribution in [3.8, 4) is 5.75 Å². The number of fused-ring (bicyclic) bond motifs is 1. The lowest BCUT2D eigenvalue weighted by atomic mass is 9.98. The van der Waals surface area contributed by atoms with Gasteiger partial charge in [0.1, 0.15) is 17.1 Å². The van der Waals surface area contributed by atoms with Crippen LogP contribution in [0.3, 0.4) is 0 Å². The van der Waals surface area contributed by atoms with Gasteiger partial charge in [0, 0.05) is 75.7 Å². The van der Waals surface area contributed by atoms with Crippen molar-refractivity contribution in [3.63, 3.8) is 0 Å². The maximum Gasteiger partial charge on any atom is 0.229 e. The first kappa shape index (κ1) is 33.7. The number of methoxy groups -OCH3 is 1. The summed E-state index contributed by atoms with van der Waals surface area (Å²) in [7, 11) is 0.291. The highest BCUT2D eigenvalue weighted by Gasteiger charge is 2.30. The number of ether oxygens (including phenoxy) is 1. The minimum atomic E-state index is -3.62. The van der Waals surface area contributed by atoms with Gasteiger partial charge in [0.25, 0.3) is 0 Å². The fourth-order valence-corrected chi connectivity index (χ4v) is 7.69. The normalized spacial score (nSPS) is 18.1. The summed E-state index contributed by atoms with van der Waals surface area (Å²) in [5.74, 6) is 2.24. The van der Waals surface area contributed by atoms with Gasteiger partial charge in [-0.25, -0.2) is 13.4 Å². The Kier molecular flexibility index (Phi) is 9.77. The van der Waals surface area contributed by atoms with Crippen molar-refractivity contribution in [3.05, 3.63) is 52.9 Å². The van der Waals surface area contributed by atoms with Crippen LogP contribution in [0.2, 0.25) is 0 Å². The average molecular weight is 752 g/mol. The predicted octanol–water partition coefficient (Wildman–Crippen LogP) is 5.22. The lowest BCUT2D eigenvalue weighted by Crippen LogP contribution is -2.52. The van der Waals surface area contributed by atoms with Crippen LogP contribution < -0.4 is 25.0 Å². The zero-order valence-electron chi connectivity index (χ0n) is 28.1. The summed E-state index contributed by atoms with van der Waals surface area (Å²) in [5, 5.41) is 6.67. The molecule has 49 heavy (non-hydrogen) atoms. The van der Waals surface area contributed by atoms with Gasteiger partial charge >= 0.3 is 0 Å². The molecule has 4 aromatic rings. The summed E-state index contributed by atoms with van der Waals surface area (Å²) >= 11 is 3.55. The SMILES string of the molecule is COc1cc(N2CCC(N3CCN(C)CC3)CC2)c(CC2CC2)cc1Nc1ncc(Br)c(Nc2ccc3nccnc3c2NS(C)(=O)=O)n1. The molecule has 1 aliphatic carbocycles. The maximum absolute atomic E-state index is 12.3. The second-order valence-corrected chi connectivity index (χ2v) is 15.9. The zero-order chi connectivity index (χ0) is 34.1. The van der Waals surface area contributed by atoms with Gasteiger partial charge in [-0.1, -0.05) is 0 Å². The van der Waals surface area contributed by atoms with Crippen LogP contribution in [0.15, 0.2) is 47.3 Å². The summed E-state index contributed by atoms with van der Waals surface area (Å²) in [5.41, 5.74) is 5.08. The van der Waals surface area contributed by atoms with Crippen molar-refractivity contribution in [2.45, 2.75) is 38.1 Å². The van der Waals surface area contributed by atoms with E-state index in [9.17, 15) is 8.42 Å². The number of halogens is 1. The summed E-state index contributed by atoms with van der Waals surface area (Å²) in [4.78, 5) is 25.6. The Bertz CT molecular complexity index is 1930. The Balaban J connectivity index is 1.13. The monoisotopic (exact) mass is 750 g/mol. The van der Waals surface area contributed by atoms with Crippen LogP contribution in [0.4, 0.5) is 34.5 Å². The fraction of sp³-hybridized carbons (Fsp3) is 0.471. The molecule has 7 rings (SSSR count). The molecule has 13 nitrogen and oxygen atoms in total. The highest BCUT2D eigenvalue weighted by molar-refractivity contribution is 9.10. The molecular formula is C34H43BrN10O3S. The van der Waals surface area contributed by atoms with Gasteiger partial charge in [0.2, 0.25) is 16.0 Å². The van der Waals surface area contributed by atoms with Gasteiger partial charge in [-0.05, 0) is 84.8 Å². The van der Waals surface area contributed by atoms with Crippen molar-refractivity contribution < 1.29 is 13.2 Å². The lowest BCUT2D eigenvalue weighted by molar-refractivity contribution is 0.0982. The number of piperidine rings is 1. The summed E-state index contributed by atoms with van der Waals surface area (Å²) in [6.45, 7) is 6.69. The van der Waals surface area contributed by atoms with Gasteiger partial charge in [-0.2, -0.15) is 4.98 Å². The number of sulfonamides is 1. The number of hydrogen-bond donors (Lipinski definition) is 3. The van der Waals surface area contributed by atoms with E-state index in [4.69, 9.17) is 9.72 Å². The molecule has 15 heteroatoms. The Hall–Kier alpha value is -3.79. The molecule has 3 fully saturated rings. The third-order valence-corrected chi connectivity index (χ3v) is 10.8. The first-order chi connectivity index (χ1) is 23.6. The third kappa shape index (κ3) is 8.00. The van der Waals surface area contributed by atoms with Crippen LogP contribution in [0.25, 0.3) is 11.0 Å². The lowest BCUT2D eigenvalue weighted by Gasteiger charge is -2.43. The number of hydrogen-bond acceptors (Lipinski definition) is 12. The van der Waals surface area contributed by atoms with Crippen molar-refractivity contribution in [1.82, 2.24) is 29.7 Å². The Morgan fingerprint density at radius 1 is 0.939 bits per heavy atom. The smallest absolute Gasteiger partial charge is 0.229 e. The van der Waals surface area contributed by atoms with E-state index in [-0.39, 0.29) is 5.69 Å². The molecule has 0 radical (unpaired) electrons. The minimum absolute atomic E-state index is 0.280. The second kappa shape index (κ2) is 14.2. The molecule has 0 amide bonds. The van der Waals surface area contributed by atoms with Crippen LogP contribution in [-0.4, -0.2) is 104 Å². The first-order valence-electron chi connectivity index (χ1n) is 16.8. The van der Waals surface area contributed by atoms with E-state index in [0.29, 0.717) is 44.9 Å². The second-order valence-electron chi connectivity index (χ2n) is 13.3. The van der Waals surface area contributed by atoms with Crippen molar-refractivity contribution in [1.29, 1.82) is 0 Å². The van der Waals surface area contributed by atoms with Crippen LogP contribution in [0, 0.1) is 5.92 Å². The predicted molar refractivity (Wildman–Crippen MR) is 198 cm³/mol. The van der Waals surface area contributed by atoms with Gasteiger partial charge in [0.05, 0.1) is 40.4 Å². The Morgan fingerprint density at radius 2 is 1.69 bits per heavy atom. The molecule has 0 atom stereocenters. The molecule has 1 saturated carbocycles. The standard InChI is InChI=1S/C34H43BrN10O3S/c1-43-14-16-44(17-15-43)24-8-12-45(13-9-24)29-20-30(48-2)28(19-23(29)18-22-4-5-22)40-34-38-21-25(35)33(41-34)39-27-7-6-26-31(37-11-10-36-26)32(27)42-49(3,46)47/h6-7,10-11,19-22,24,42H,4-5,8-9,12-18H2,1-3H3,(H2,38,39,40,41). The van der Waals surface area contributed by atoms with E-state index in [0.717, 1.165) is 63.4 Å². The van der Waals surface area contributed by atoms with Crippen molar-refractivity contribution in [2.24, 2.45) is 5.92 Å². The molecule has 0 unspecified atom stereocenters. The average Bonchev–Trinajstić information content (AvgIpc) is 3.91. The van der Waals surface area contributed by atoms with E-state index in [2.05, 4.69) is 80.1 Å². The maximum atomic E-state index is 12.3. The molecule has 3 aliphatic rings. The molecule has 2 aromatic carbocycles. The van der Waals surface area contributed by atoms with Crippen molar-refractivity contribution in [2.75, 3.05) is 79.9 Å². The van der Waals surface area contributed by atoms with Gasteiger partial charge in [-0.3, -0.25) is 19.6 Å². The highest BCUT2D eigenvalue weighted by atomic mass is 79.9. The number of piperazine rings is 1. The van der Waals surface area contributed by atoms with Gasteiger partial charge in [-0.15, -0.1) is 0 Å². The molecule has 2 aliphatic heterocycles. The quantitative estimate of drug-likeness (QED) is 0.185. The van der Waals surface area contributed by atoms with E-state index >= 15 is 0 Å². The number of likely N-dealkylation sites (N-methyl/N-ethyl adjacent to an activating group) is 1. The molecule has 2 saturated heterocycles. The Labute approximate surface area is 296 Å². The third-order valence-electron chi connectivity index (χ3n) is 9.64. The number of aromatic nitrogens is 4. The topological polar surface area (TPSA) is 141 Å². The van der Waals surface area contributed by atoms with E-state index in [1.807, 2.05) is 0 Å². The van der Waals surface area contributed by atoms with Gasteiger partial charge < -0.3 is 25.2 Å². The minimum Gasteiger partial charge on any atom is -0.494 e. The fourth-order valence-electron chi connectivity index (χ4n) is 6.82. The zero-order valence-corrected chi connectivity index (χ0v) is 30.5. The summed E-state index contributed by atoms with van der Waals surface area (Å²) < 4.78 is 33.7. The van der Waals surface area contributed by atoms with Gasteiger partial charge in [0.15, 0.2) is 0 Å². The Morgan fingerprint density at radius 3 is 2.41 bits per heavy atom. The molecule has 3 N–H and O–H groups in total. The van der Waals surface area contributed by atoms with Crippen LogP contribution in [0.1, 0.15) is 31.2 Å². The number of nitrogens with zero attached hydrogens (tertiary/aromatic N) is 7. The van der Waals surface area contributed by atoms with E-state index < -0.39 is 10.0 Å². The number of nitrogens with one attached hydrogen (secondary N) is 3. The van der Waals surface area contributed by atoms with Crippen LogP contribution in [-0.2, 0) is 16.4 Å². The summed E-state index contributed by atoms with van der Waals surface area (Å²) in [6, 6.07) is 8.54. The van der Waals surface area contributed by atoms with Crippen molar-refractivity contribution >= 4 is 71.5 Å². The number of rotatable bonds is 11. The summed E-state index contributed by atoms with van der Waals surface area (Å²) in [6.07, 6.45) is 11.7. The molecule has 0 bridgehead atoms. The molecule has 0 spiro atoms. The first-order valence-corrected chi connectivity index (χ1v) is 19.5. The highest BCUT2D eigenvalue weighted by Crippen LogP contribution is 2.42. The molecule has 260 valence electrons. The number of benzene rings is 2.